The second kappa shape index (κ2) is 10.5. The van der Waals surface area contributed by atoms with Crippen LogP contribution in [0.25, 0.3) is 0 Å². The highest BCUT2D eigenvalue weighted by Gasteiger charge is 2.35. The Balaban J connectivity index is 1.47. The zero-order chi connectivity index (χ0) is 24.1. The molecule has 0 aliphatic heterocycles. The van der Waals surface area contributed by atoms with E-state index in [-0.39, 0.29) is 5.78 Å². The number of aryl methyl sites for hydroxylation is 1. The number of carbonyl (C=O) groups is 1. The molecule has 0 spiro atoms. The van der Waals surface area contributed by atoms with Gasteiger partial charge in [-0.05, 0) is 55.2 Å². The van der Waals surface area contributed by atoms with Crippen molar-refractivity contribution in [2.75, 3.05) is 5.75 Å². The standard InChI is InChI=1S/C30H30N2O2S/c1-30(29-31-18-19-32-29,23-11-6-3-7-12-23)34-28-16-15-25-24(13-8-14-27(25)33)26(28)21-35-20-17-22-9-4-2-5-10-22/h2-7,9-12,15-16,18-19H,8,13-14,17,20-21H2,1H3,(H,31,32)/t30-/m0/s1. The summed E-state index contributed by atoms with van der Waals surface area (Å²) in [5.74, 6) is 3.63. The maximum Gasteiger partial charge on any atom is 0.188 e. The summed E-state index contributed by atoms with van der Waals surface area (Å²) in [7, 11) is 0. The number of H-pyrrole nitrogens is 1. The third-order valence-corrected chi connectivity index (χ3v) is 7.72. The number of rotatable bonds is 9. The third kappa shape index (κ3) is 5.06. The number of thioether (sulfide) groups is 1. The number of benzene rings is 3. The van der Waals surface area contributed by atoms with Crippen molar-refractivity contribution in [3.63, 3.8) is 0 Å². The lowest BCUT2D eigenvalue weighted by Gasteiger charge is -2.32. The first-order valence-corrected chi connectivity index (χ1v) is 13.3. The van der Waals surface area contributed by atoms with E-state index in [1.165, 1.54) is 5.56 Å². The summed E-state index contributed by atoms with van der Waals surface area (Å²) in [6, 6.07) is 24.7. The maximum absolute atomic E-state index is 12.7. The first-order valence-electron chi connectivity index (χ1n) is 12.2. The van der Waals surface area contributed by atoms with Gasteiger partial charge in [0.05, 0.1) is 0 Å². The number of ether oxygens (including phenoxy) is 1. The number of hydrogen-bond donors (Lipinski definition) is 1. The quantitative estimate of drug-likeness (QED) is 0.268. The van der Waals surface area contributed by atoms with Crippen molar-refractivity contribution in [2.24, 2.45) is 0 Å². The molecule has 4 nitrogen and oxygen atoms in total. The van der Waals surface area contributed by atoms with Gasteiger partial charge in [0.25, 0.3) is 0 Å². The van der Waals surface area contributed by atoms with Crippen molar-refractivity contribution in [1.82, 2.24) is 9.97 Å². The zero-order valence-electron chi connectivity index (χ0n) is 20.0. The summed E-state index contributed by atoms with van der Waals surface area (Å²) in [6.45, 7) is 2.05. The van der Waals surface area contributed by atoms with E-state index in [2.05, 4.69) is 59.4 Å². The Morgan fingerprint density at radius 2 is 1.77 bits per heavy atom. The minimum absolute atomic E-state index is 0.241. The largest absolute Gasteiger partial charge is 0.475 e. The number of aromatic nitrogens is 2. The number of nitrogens with zero attached hydrogens (tertiary/aromatic N) is 1. The minimum Gasteiger partial charge on any atom is -0.475 e. The molecule has 1 aliphatic carbocycles. The molecule has 1 heterocycles. The highest BCUT2D eigenvalue weighted by Crippen LogP contribution is 2.39. The van der Waals surface area contributed by atoms with E-state index >= 15 is 0 Å². The number of imidazole rings is 1. The average molecular weight is 483 g/mol. The second-order valence-electron chi connectivity index (χ2n) is 9.07. The molecule has 0 bridgehead atoms. The molecule has 5 rings (SSSR count). The van der Waals surface area contributed by atoms with Crippen LogP contribution in [0, 0.1) is 0 Å². The first-order chi connectivity index (χ1) is 17.1. The van der Waals surface area contributed by atoms with Crippen LogP contribution in [-0.2, 0) is 24.2 Å². The van der Waals surface area contributed by atoms with Crippen LogP contribution in [0.15, 0.2) is 85.2 Å². The highest BCUT2D eigenvalue weighted by atomic mass is 32.2. The number of aromatic amines is 1. The Bertz CT molecular complexity index is 1270. The summed E-state index contributed by atoms with van der Waals surface area (Å²) < 4.78 is 6.86. The Morgan fingerprint density at radius 3 is 2.51 bits per heavy atom. The van der Waals surface area contributed by atoms with Crippen LogP contribution < -0.4 is 4.74 Å². The molecule has 0 saturated heterocycles. The Labute approximate surface area is 211 Å². The van der Waals surface area contributed by atoms with Crippen LogP contribution in [0.3, 0.4) is 0 Å². The lowest BCUT2D eigenvalue weighted by atomic mass is 9.87. The van der Waals surface area contributed by atoms with Gasteiger partial charge in [-0.1, -0.05) is 60.7 Å². The lowest BCUT2D eigenvalue weighted by molar-refractivity contribution is 0.0971. The van der Waals surface area contributed by atoms with Crippen molar-refractivity contribution in [2.45, 2.75) is 44.0 Å². The van der Waals surface area contributed by atoms with Crippen LogP contribution in [0.5, 0.6) is 5.75 Å². The van der Waals surface area contributed by atoms with Crippen LogP contribution in [0.1, 0.15) is 58.2 Å². The molecule has 35 heavy (non-hydrogen) atoms. The average Bonchev–Trinajstić information content (AvgIpc) is 3.45. The van der Waals surface area contributed by atoms with Gasteiger partial charge in [-0.2, -0.15) is 11.8 Å². The predicted octanol–water partition coefficient (Wildman–Crippen LogP) is 6.75. The normalized spacial score (nSPS) is 14.8. The van der Waals surface area contributed by atoms with E-state index in [9.17, 15) is 4.79 Å². The lowest BCUT2D eigenvalue weighted by Crippen LogP contribution is -2.33. The van der Waals surface area contributed by atoms with Gasteiger partial charge in [0.2, 0.25) is 0 Å². The van der Waals surface area contributed by atoms with E-state index in [4.69, 9.17) is 4.74 Å². The third-order valence-electron chi connectivity index (χ3n) is 6.73. The molecule has 0 amide bonds. The molecule has 3 aromatic carbocycles. The number of Topliss-reactive ketones (excluding diaryl/α,β-unsaturated/α-hetero) is 1. The van der Waals surface area contributed by atoms with Crippen molar-refractivity contribution in [3.8, 4) is 5.75 Å². The molecule has 0 radical (unpaired) electrons. The molecule has 4 aromatic rings. The van der Waals surface area contributed by atoms with Gasteiger partial charge in [0.15, 0.2) is 17.2 Å². The molecule has 1 atom stereocenters. The van der Waals surface area contributed by atoms with Crippen LogP contribution in [-0.4, -0.2) is 21.5 Å². The van der Waals surface area contributed by atoms with E-state index in [0.29, 0.717) is 6.42 Å². The highest BCUT2D eigenvalue weighted by molar-refractivity contribution is 7.98. The van der Waals surface area contributed by atoms with Gasteiger partial charge in [0.1, 0.15) is 5.75 Å². The molecule has 1 aliphatic rings. The Morgan fingerprint density at radius 1 is 1.00 bits per heavy atom. The van der Waals surface area contributed by atoms with Gasteiger partial charge in [-0.3, -0.25) is 4.79 Å². The summed E-state index contributed by atoms with van der Waals surface area (Å²) in [5, 5.41) is 0. The fourth-order valence-electron chi connectivity index (χ4n) is 4.79. The van der Waals surface area contributed by atoms with Crippen molar-refractivity contribution in [1.29, 1.82) is 0 Å². The SMILES string of the molecule is C[C@](Oc1ccc2c(c1CSCCc1ccccc1)CCCC2=O)(c1ccccc1)c1ncc[nH]1. The van der Waals surface area contributed by atoms with E-state index in [0.717, 1.165) is 64.6 Å². The number of ketones is 1. The molecule has 1 aromatic heterocycles. The second-order valence-corrected chi connectivity index (χ2v) is 10.2. The molecular weight excluding hydrogens is 452 g/mol. The van der Waals surface area contributed by atoms with Crippen molar-refractivity contribution in [3.05, 3.63) is 119 Å². The number of carbonyl (C=O) groups excluding carboxylic acids is 1. The van der Waals surface area contributed by atoms with Gasteiger partial charge < -0.3 is 9.72 Å². The van der Waals surface area contributed by atoms with Gasteiger partial charge >= 0.3 is 0 Å². The van der Waals surface area contributed by atoms with Gasteiger partial charge in [0, 0.05) is 41.3 Å². The summed E-state index contributed by atoms with van der Waals surface area (Å²) in [4.78, 5) is 20.5. The number of fused-ring (bicyclic) bond motifs is 1. The van der Waals surface area contributed by atoms with Crippen LogP contribution in [0.4, 0.5) is 0 Å². The van der Waals surface area contributed by atoms with Gasteiger partial charge in [-0.15, -0.1) is 0 Å². The molecule has 0 saturated carbocycles. The monoisotopic (exact) mass is 482 g/mol. The molecule has 0 fully saturated rings. The van der Waals surface area contributed by atoms with Crippen molar-refractivity contribution >= 4 is 17.5 Å². The molecular formula is C30H30N2O2S. The Hall–Kier alpha value is -3.31. The topological polar surface area (TPSA) is 55.0 Å². The fraction of sp³-hybridized carbons (Fsp3) is 0.267. The predicted molar refractivity (Wildman–Crippen MR) is 142 cm³/mol. The smallest absolute Gasteiger partial charge is 0.188 e. The summed E-state index contributed by atoms with van der Waals surface area (Å²) in [6.07, 6.45) is 7.03. The van der Waals surface area contributed by atoms with Crippen molar-refractivity contribution < 1.29 is 9.53 Å². The zero-order valence-corrected chi connectivity index (χ0v) is 20.8. The van der Waals surface area contributed by atoms with E-state index in [1.807, 2.05) is 48.3 Å². The Kier molecular flexibility index (Phi) is 7.05. The number of nitrogens with one attached hydrogen (secondary N) is 1. The number of hydrogen-bond acceptors (Lipinski definition) is 4. The van der Waals surface area contributed by atoms with Crippen LogP contribution >= 0.6 is 11.8 Å². The maximum atomic E-state index is 12.7. The molecule has 0 unspecified atom stereocenters. The minimum atomic E-state index is -0.791. The molecule has 1 N–H and O–H groups in total. The van der Waals surface area contributed by atoms with E-state index < -0.39 is 5.60 Å². The molecule has 5 heteroatoms. The summed E-state index contributed by atoms with van der Waals surface area (Å²) >= 11 is 1.89. The van der Waals surface area contributed by atoms with E-state index in [1.54, 1.807) is 6.20 Å². The molecule has 178 valence electrons. The van der Waals surface area contributed by atoms with Crippen LogP contribution in [0.2, 0.25) is 0 Å². The first kappa shape index (κ1) is 23.4. The fourth-order valence-corrected chi connectivity index (χ4v) is 5.83. The van der Waals surface area contributed by atoms with Gasteiger partial charge in [-0.25, -0.2) is 4.98 Å². The summed E-state index contributed by atoms with van der Waals surface area (Å²) in [5.41, 5.74) is 4.73.